The van der Waals surface area contributed by atoms with Gasteiger partial charge in [0.25, 0.3) is 0 Å². The SMILES string of the molecule is COC(=O)[C@@H]1CCCN1CCOC(c1ccc(OC)cc1)(c1ccc(OC)cc1)c1ccc(OC)cc1. The van der Waals surface area contributed by atoms with Gasteiger partial charge in [0.15, 0.2) is 0 Å². The second kappa shape index (κ2) is 12.1. The largest absolute Gasteiger partial charge is 0.497 e. The van der Waals surface area contributed by atoms with Gasteiger partial charge >= 0.3 is 5.97 Å². The van der Waals surface area contributed by atoms with Crippen molar-refractivity contribution in [3.05, 3.63) is 89.5 Å². The minimum Gasteiger partial charge on any atom is -0.497 e. The van der Waals surface area contributed by atoms with E-state index >= 15 is 0 Å². The highest BCUT2D eigenvalue weighted by Gasteiger charge is 2.39. The van der Waals surface area contributed by atoms with Gasteiger partial charge in [-0.25, -0.2) is 0 Å². The zero-order chi connectivity index (χ0) is 26.3. The first-order valence-corrected chi connectivity index (χ1v) is 12.4. The van der Waals surface area contributed by atoms with Gasteiger partial charge in [0.2, 0.25) is 0 Å². The van der Waals surface area contributed by atoms with Crippen LogP contribution >= 0.6 is 0 Å². The summed E-state index contributed by atoms with van der Waals surface area (Å²) in [4.78, 5) is 14.4. The fourth-order valence-electron chi connectivity index (χ4n) is 5.04. The van der Waals surface area contributed by atoms with Crippen molar-refractivity contribution < 1.29 is 28.5 Å². The van der Waals surface area contributed by atoms with E-state index in [1.807, 2.05) is 72.8 Å². The average molecular weight is 506 g/mol. The first-order valence-electron chi connectivity index (χ1n) is 12.4. The number of ether oxygens (including phenoxy) is 5. The van der Waals surface area contributed by atoms with Gasteiger partial charge < -0.3 is 23.7 Å². The van der Waals surface area contributed by atoms with Gasteiger partial charge in [-0.2, -0.15) is 0 Å². The van der Waals surface area contributed by atoms with Gasteiger partial charge in [-0.1, -0.05) is 36.4 Å². The molecule has 1 aliphatic rings. The number of benzene rings is 3. The number of nitrogens with zero attached hydrogens (tertiary/aromatic N) is 1. The summed E-state index contributed by atoms with van der Waals surface area (Å²) < 4.78 is 28.2. The number of likely N-dealkylation sites (tertiary alicyclic amines) is 1. The molecule has 4 rings (SSSR count). The molecular weight excluding hydrogens is 470 g/mol. The lowest BCUT2D eigenvalue weighted by molar-refractivity contribution is -0.146. The maximum absolute atomic E-state index is 12.3. The molecule has 7 nitrogen and oxygen atoms in total. The smallest absolute Gasteiger partial charge is 0.323 e. The van der Waals surface area contributed by atoms with Crippen molar-refractivity contribution in [3.8, 4) is 17.2 Å². The summed E-state index contributed by atoms with van der Waals surface area (Å²) in [5.41, 5.74) is 1.93. The number of hydrogen-bond acceptors (Lipinski definition) is 7. The summed E-state index contributed by atoms with van der Waals surface area (Å²) in [5, 5.41) is 0. The quantitative estimate of drug-likeness (QED) is 0.277. The Morgan fingerprint density at radius 1 is 0.757 bits per heavy atom. The molecular formula is C30H35NO6. The molecule has 0 spiro atoms. The molecule has 1 atom stereocenters. The van der Waals surface area contributed by atoms with Crippen molar-refractivity contribution in [3.63, 3.8) is 0 Å². The molecule has 1 heterocycles. The monoisotopic (exact) mass is 505 g/mol. The molecule has 1 saturated heterocycles. The van der Waals surface area contributed by atoms with E-state index in [0.717, 1.165) is 53.3 Å². The molecule has 0 N–H and O–H groups in total. The molecule has 0 unspecified atom stereocenters. The van der Waals surface area contributed by atoms with E-state index in [-0.39, 0.29) is 12.0 Å². The molecule has 1 fully saturated rings. The van der Waals surface area contributed by atoms with Crippen LogP contribution in [0.3, 0.4) is 0 Å². The fraction of sp³-hybridized carbons (Fsp3) is 0.367. The van der Waals surface area contributed by atoms with Crippen molar-refractivity contribution >= 4 is 5.97 Å². The second-order valence-corrected chi connectivity index (χ2v) is 8.93. The van der Waals surface area contributed by atoms with E-state index in [0.29, 0.717) is 13.2 Å². The van der Waals surface area contributed by atoms with Crippen molar-refractivity contribution in [1.29, 1.82) is 0 Å². The maximum Gasteiger partial charge on any atom is 0.323 e. The Hall–Kier alpha value is -3.55. The summed E-state index contributed by atoms with van der Waals surface area (Å²) in [7, 11) is 6.40. The number of hydrogen-bond donors (Lipinski definition) is 0. The van der Waals surface area contributed by atoms with Crippen LogP contribution in [0.4, 0.5) is 0 Å². The summed E-state index contributed by atoms with van der Waals surface area (Å²) in [5.74, 6) is 2.10. The zero-order valence-electron chi connectivity index (χ0n) is 21.9. The van der Waals surface area contributed by atoms with E-state index < -0.39 is 5.60 Å². The van der Waals surface area contributed by atoms with Crippen LogP contribution in [0.5, 0.6) is 17.2 Å². The first-order chi connectivity index (χ1) is 18.0. The third-order valence-corrected chi connectivity index (χ3v) is 7.02. The van der Waals surface area contributed by atoms with Gasteiger partial charge in [-0.05, 0) is 72.5 Å². The molecule has 0 bridgehead atoms. The van der Waals surface area contributed by atoms with Crippen LogP contribution in [0.25, 0.3) is 0 Å². The average Bonchev–Trinajstić information content (AvgIpc) is 3.44. The minimum absolute atomic E-state index is 0.191. The van der Waals surface area contributed by atoms with Gasteiger partial charge in [0.1, 0.15) is 28.9 Å². The number of rotatable bonds is 11. The molecule has 0 amide bonds. The fourth-order valence-corrected chi connectivity index (χ4v) is 5.04. The van der Waals surface area contributed by atoms with Crippen LogP contribution in [0.1, 0.15) is 29.5 Å². The second-order valence-electron chi connectivity index (χ2n) is 8.93. The number of carbonyl (C=O) groups is 1. The maximum atomic E-state index is 12.3. The highest BCUT2D eigenvalue weighted by molar-refractivity contribution is 5.76. The minimum atomic E-state index is -0.925. The number of carbonyl (C=O) groups excluding carboxylic acids is 1. The van der Waals surface area contributed by atoms with Crippen molar-refractivity contribution in [2.45, 2.75) is 24.5 Å². The molecule has 0 aliphatic carbocycles. The predicted octanol–water partition coefficient (Wildman–Crippen LogP) is 4.66. The topological polar surface area (TPSA) is 66.5 Å². The van der Waals surface area contributed by atoms with Crippen molar-refractivity contribution in [2.75, 3.05) is 48.1 Å². The summed E-state index contributed by atoms with van der Waals surface area (Å²) in [6, 6.07) is 23.6. The molecule has 0 radical (unpaired) electrons. The van der Waals surface area contributed by atoms with Crippen LogP contribution in [0.15, 0.2) is 72.8 Å². The third-order valence-electron chi connectivity index (χ3n) is 7.02. The Kier molecular flexibility index (Phi) is 8.69. The molecule has 37 heavy (non-hydrogen) atoms. The number of methoxy groups -OCH3 is 4. The molecule has 0 aromatic heterocycles. The van der Waals surface area contributed by atoms with Crippen LogP contribution in [-0.4, -0.2) is 65.0 Å². The standard InChI is InChI=1S/C30H35NO6/c1-33-25-13-7-22(8-14-25)30(23-9-15-26(34-2)16-10-23,24-11-17-27(35-3)18-12-24)37-21-20-31-19-5-6-28(31)29(32)36-4/h7-18,28H,5-6,19-21H2,1-4H3/t28-/m0/s1. The molecule has 3 aromatic carbocycles. The van der Waals surface area contributed by atoms with E-state index in [2.05, 4.69) is 4.90 Å². The lowest BCUT2D eigenvalue weighted by atomic mass is 9.80. The molecule has 196 valence electrons. The number of esters is 1. The highest BCUT2D eigenvalue weighted by Crippen LogP contribution is 2.42. The van der Waals surface area contributed by atoms with E-state index in [4.69, 9.17) is 23.7 Å². The van der Waals surface area contributed by atoms with E-state index in [9.17, 15) is 4.79 Å². The summed E-state index contributed by atoms with van der Waals surface area (Å²) in [6.07, 6.45) is 1.76. The molecule has 3 aromatic rings. The third kappa shape index (κ3) is 5.58. The Balaban J connectivity index is 1.77. The van der Waals surface area contributed by atoms with Gasteiger partial charge in [-0.3, -0.25) is 9.69 Å². The Bertz CT molecular complexity index is 1030. The van der Waals surface area contributed by atoms with Gasteiger partial charge in [0, 0.05) is 6.54 Å². The van der Waals surface area contributed by atoms with Crippen LogP contribution in [-0.2, 0) is 19.9 Å². The summed E-state index contributed by atoms with van der Waals surface area (Å²) in [6.45, 7) is 1.84. The molecule has 7 heteroatoms. The van der Waals surface area contributed by atoms with Crippen molar-refractivity contribution in [1.82, 2.24) is 4.90 Å². The van der Waals surface area contributed by atoms with Gasteiger partial charge in [0.05, 0.1) is 35.0 Å². The molecule has 1 aliphatic heterocycles. The van der Waals surface area contributed by atoms with Crippen LogP contribution < -0.4 is 14.2 Å². The normalized spacial score (nSPS) is 15.8. The molecule has 0 saturated carbocycles. The highest BCUT2D eigenvalue weighted by atomic mass is 16.5. The van der Waals surface area contributed by atoms with E-state index in [1.165, 1.54) is 7.11 Å². The first kappa shape index (κ1) is 26.5. The van der Waals surface area contributed by atoms with Crippen LogP contribution in [0.2, 0.25) is 0 Å². The van der Waals surface area contributed by atoms with Gasteiger partial charge in [-0.15, -0.1) is 0 Å². The predicted molar refractivity (Wildman–Crippen MR) is 141 cm³/mol. The lowest BCUT2D eigenvalue weighted by Gasteiger charge is -2.37. The zero-order valence-corrected chi connectivity index (χ0v) is 21.9. The van der Waals surface area contributed by atoms with E-state index in [1.54, 1.807) is 21.3 Å². The summed E-state index contributed by atoms with van der Waals surface area (Å²) >= 11 is 0. The Morgan fingerprint density at radius 2 is 1.19 bits per heavy atom. The lowest BCUT2D eigenvalue weighted by Crippen LogP contribution is -2.41. The Morgan fingerprint density at radius 3 is 1.57 bits per heavy atom. The Labute approximate surface area is 218 Å². The van der Waals surface area contributed by atoms with Crippen LogP contribution in [0, 0.1) is 0 Å². The van der Waals surface area contributed by atoms with Crippen molar-refractivity contribution in [2.24, 2.45) is 0 Å².